The van der Waals surface area contributed by atoms with Crippen molar-refractivity contribution in [3.8, 4) is 17.8 Å². The highest BCUT2D eigenvalue weighted by atomic mass is 127. The van der Waals surface area contributed by atoms with Crippen molar-refractivity contribution >= 4 is 51.7 Å². The first-order valence-electron chi connectivity index (χ1n) is 11.6. The Hall–Kier alpha value is -3.38. The van der Waals surface area contributed by atoms with Crippen molar-refractivity contribution in [3.63, 3.8) is 0 Å². The van der Waals surface area contributed by atoms with Crippen LogP contribution in [0.1, 0.15) is 46.2 Å². The lowest BCUT2D eigenvalue weighted by Crippen LogP contribution is -2.47. The highest BCUT2D eigenvalue weighted by Crippen LogP contribution is 2.39. The van der Waals surface area contributed by atoms with Crippen molar-refractivity contribution < 1.29 is 27.5 Å². The van der Waals surface area contributed by atoms with Gasteiger partial charge in [0.05, 0.1) is 22.3 Å². The molecule has 2 N–H and O–H groups in total. The first kappa shape index (κ1) is 28.6. The van der Waals surface area contributed by atoms with E-state index in [4.69, 9.17) is 16.3 Å². The van der Waals surface area contributed by atoms with Crippen LogP contribution in [-0.4, -0.2) is 44.9 Å². The summed E-state index contributed by atoms with van der Waals surface area (Å²) in [4.78, 5) is 30.9. The van der Waals surface area contributed by atoms with Gasteiger partial charge >= 0.3 is 6.18 Å². The zero-order chi connectivity index (χ0) is 28.5. The third-order valence-electron chi connectivity index (χ3n) is 6.03. The monoisotopic (exact) mass is 672 g/mol. The van der Waals surface area contributed by atoms with Crippen molar-refractivity contribution in [2.75, 3.05) is 11.9 Å². The smallest absolute Gasteiger partial charge is 0.422 e. The summed E-state index contributed by atoms with van der Waals surface area (Å²) in [5.74, 6) is -1.84. The van der Waals surface area contributed by atoms with Crippen LogP contribution in [0.2, 0.25) is 5.02 Å². The number of aryl methyl sites for hydroxylation is 1. The molecule has 4 rings (SSSR count). The summed E-state index contributed by atoms with van der Waals surface area (Å²) in [6, 6.07) is 9.50. The Kier molecular flexibility index (Phi) is 8.08. The van der Waals surface area contributed by atoms with Crippen molar-refractivity contribution in [2.24, 2.45) is 5.92 Å². The van der Waals surface area contributed by atoms with E-state index in [1.54, 1.807) is 26.0 Å². The fourth-order valence-electron chi connectivity index (χ4n) is 3.89. The normalized spacial score (nSPS) is 14.7. The highest BCUT2D eigenvalue weighted by Gasteiger charge is 2.43. The first-order chi connectivity index (χ1) is 18.3. The summed E-state index contributed by atoms with van der Waals surface area (Å²) in [6.45, 7) is 1.71. The third-order valence-corrected chi connectivity index (χ3v) is 6.94. The average Bonchev–Trinajstić information content (AvgIpc) is 3.64. The van der Waals surface area contributed by atoms with Crippen LogP contribution in [-0.2, 0) is 0 Å². The minimum absolute atomic E-state index is 0.0160. The summed E-state index contributed by atoms with van der Waals surface area (Å²) in [7, 11) is 0. The molecule has 0 radical (unpaired) electrons. The lowest BCUT2D eigenvalue weighted by Gasteiger charge is -2.24. The predicted molar refractivity (Wildman–Crippen MR) is 144 cm³/mol. The second-order valence-electron chi connectivity index (χ2n) is 9.13. The van der Waals surface area contributed by atoms with Crippen LogP contribution >= 0.6 is 34.2 Å². The van der Waals surface area contributed by atoms with Crippen LogP contribution in [0, 0.1) is 27.7 Å². The van der Waals surface area contributed by atoms with Crippen LogP contribution in [0.25, 0.3) is 5.82 Å². The average molecular weight is 673 g/mol. The SMILES string of the molecule is Cc1cc(I)cc(C(=O)NC(C)(C#N)C2CC2)c1NC(=O)c1cc(OCC(F)(F)F)nn1-c1ncccc1Cl. The molecule has 0 saturated heterocycles. The Balaban J connectivity index is 1.71. The van der Waals surface area contributed by atoms with Crippen LogP contribution in [0.3, 0.4) is 0 Å². The van der Waals surface area contributed by atoms with Gasteiger partial charge < -0.3 is 15.4 Å². The van der Waals surface area contributed by atoms with E-state index in [2.05, 4.69) is 26.8 Å². The summed E-state index contributed by atoms with van der Waals surface area (Å²) < 4.78 is 44.7. The largest absolute Gasteiger partial charge is 0.467 e. The number of nitrogens with zero attached hydrogens (tertiary/aromatic N) is 4. The van der Waals surface area contributed by atoms with Gasteiger partial charge in [-0.05, 0) is 85.0 Å². The minimum atomic E-state index is -4.63. The molecule has 1 saturated carbocycles. The molecule has 3 aromatic rings. The van der Waals surface area contributed by atoms with Crippen molar-refractivity contribution in [1.82, 2.24) is 20.1 Å². The van der Waals surface area contributed by atoms with Gasteiger partial charge in [-0.1, -0.05) is 11.6 Å². The molecular weight excluding hydrogens is 652 g/mol. The number of aromatic nitrogens is 3. The Bertz CT molecular complexity index is 1480. The predicted octanol–water partition coefficient (Wildman–Crippen LogP) is 5.45. The van der Waals surface area contributed by atoms with Crippen LogP contribution in [0.5, 0.6) is 5.88 Å². The van der Waals surface area contributed by atoms with Gasteiger partial charge in [-0.25, -0.2) is 9.67 Å². The standard InChI is InChI=1S/C25H21ClF3IN6O3/c1-13-8-15(30)9-16(22(37)34-24(2,11-31)14-5-6-14)20(13)33-23(38)18-10-19(39-12-25(27,28)29)35-36(18)21-17(26)4-3-7-32-21/h3-4,7-10,14H,5-6,12H2,1-2H3,(H,33,38)(H,34,37). The number of ether oxygens (including phenoxy) is 1. The van der Waals surface area contributed by atoms with Crippen molar-refractivity contribution in [1.29, 1.82) is 5.26 Å². The number of carbonyl (C=O) groups is 2. The van der Waals surface area contributed by atoms with Gasteiger partial charge in [0.15, 0.2) is 12.4 Å². The maximum atomic E-state index is 13.5. The van der Waals surface area contributed by atoms with Crippen LogP contribution in [0.15, 0.2) is 36.5 Å². The molecule has 2 aromatic heterocycles. The lowest BCUT2D eigenvalue weighted by molar-refractivity contribution is -0.154. The van der Waals surface area contributed by atoms with Gasteiger partial charge in [0.1, 0.15) is 11.2 Å². The van der Waals surface area contributed by atoms with E-state index in [1.807, 2.05) is 22.6 Å². The lowest BCUT2D eigenvalue weighted by atomic mass is 9.96. The number of carbonyl (C=O) groups excluding carboxylic acids is 2. The van der Waals surface area contributed by atoms with Crippen molar-refractivity contribution in [2.45, 2.75) is 38.4 Å². The maximum Gasteiger partial charge on any atom is 0.422 e. The molecule has 204 valence electrons. The summed E-state index contributed by atoms with van der Waals surface area (Å²) in [5.41, 5.74) is -0.498. The number of pyridine rings is 1. The molecule has 1 aliphatic rings. The van der Waals surface area contributed by atoms with Gasteiger partial charge in [0.2, 0.25) is 5.88 Å². The van der Waals surface area contributed by atoms with E-state index in [0.717, 1.165) is 23.6 Å². The molecular formula is C25H21ClF3IN6O3. The van der Waals surface area contributed by atoms with Gasteiger partial charge in [0, 0.05) is 15.8 Å². The van der Waals surface area contributed by atoms with E-state index in [9.17, 15) is 28.0 Å². The fraction of sp³-hybridized carbons (Fsp3) is 0.320. The van der Waals surface area contributed by atoms with Crippen LogP contribution < -0.4 is 15.4 Å². The van der Waals surface area contributed by atoms with Gasteiger partial charge in [-0.3, -0.25) is 9.59 Å². The number of benzene rings is 1. The van der Waals surface area contributed by atoms with Gasteiger partial charge in [-0.15, -0.1) is 5.10 Å². The Labute approximate surface area is 239 Å². The molecule has 2 heterocycles. The number of anilines is 1. The van der Waals surface area contributed by atoms with Crippen LogP contribution in [0.4, 0.5) is 18.9 Å². The Morgan fingerprint density at radius 2 is 2.00 bits per heavy atom. The van der Waals surface area contributed by atoms with E-state index in [-0.39, 0.29) is 33.7 Å². The number of nitrogens with one attached hydrogen (secondary N) is 2. The highest BCUT2D eigenvalue weighted by molar-refractivity contribution is 14.1. The Morgan fingerprint density at radius 3 is 2.62 bits per heavy atom. The zero-order valence-corrected chi connectivity index (χ0v) is 23.5. The zero-order valence-electron chi connectivity index (χ0n) is 20.6. The van der Waals surface area contributed by atoms with E-state index in [0.29, 0.717) is 9.13 Å². The molecule has 1 aliphatic carbocycles. The molecule has 1 atom stereocenters. The number of alkyl halides is 3. The van der Waals surface area contributed by atoms with Crippen molar-refractivity contribution in [3.05, 3.63) is 61.9 Å². The Morgan fingerprint density at radius 1 is 1.28 bits per heavy atom. The number of hydrogen-bond donors (Lipinski definition) is 2. The number of hydrogen-bond acceptors (Lipinski definition) is 6. The molecule has 1 unspecified atom stereocenters. The molecule has 0 spiro atoms. The number of rotatable bonds is 8. The number of halogens is 5. The maximum absolute atomic E-state index is 13.5. The molecule has 0 aliphatic heterocycles. The summed E-state index contributed by atoms with van der Waals surface area (Å²) in [5, 5.41) is 19.2. The summed E-state index contributed by atoms with van der Waals surface area (Å²) >= 11 is 8.24. The second kappa shape index (κ2) is 11.0. The molecule has 39 heavy (non-hydrogen) atoms. The molecule has 1 fully saturated rings. The van der Waals surface area contributed by atoms with E-state index < -0.39 is 36.0 Å². The quantitative estimate of drug-likeness (QED) is 0.307. The molecule has 0 bridgehead atoms. The van der Waals surface area contributed by atoms with E-state index in [1.165, 1.54) is 18.3 Å². The van der Waals surface area contributed by atoms with E-state index >= 15 is 0 Å². The molecule has 1 aromatic carbocycles. The molecule has 9 nitrogen and oxygen atoms in total. The first-order valence-corrected chi connectivity index (χ1v) is 13.0. The number of amides is 2. The van der Waals surface area contributed by atoms with Gasteiger partial charge in [0.25, 0.3) is 11.8 Å². The molecule has 2 amide bonds. The topological polar surface area (TPSA) is 122 Å². The second-order valence-corrected chi connectivity index (χ2v) is 10.8. The number of nitriles is 1. The third kappa shape index (κ3) is 6.62. The molecule has 14 heteroatoms. The van der Waals surface area contributed by atoms with Gasteiger partial charge in [-0.2, -0.15) is 18.4 Å². The summed E-state index contributed by atoms with van der Waals surface area (Å²) in [6.07, 6.45) is -1.62. The fourth-order valence-corrected chi connectivity index (χ4v) is 4.87. The minimum Gasteiger partial charge on any atom is -0.467 e.